The van der Waals surface area contributed by atoms with E-state index in [1.807, 2.05) is 47.9 Å². The first-order chi connectivity index (χ1) is 18.8. The Bertz CT molecular complexity index is 1250. The van der Waals surface area contributed by atoms with Gasteiger partial charge >= 0.3 is 0 Å². The molecule has 210 valence electrons. The predicted molar refractivity (Wildman–Crippen MR) is 156 cm³/mol. The summed E-state index contributed by atoms with van der Waals surface area (Å²) in [6.07, 6.45) is 3.90. The van der Waals surface area contributed by atoms with Crippen LogP contribution in [0.25, 0.3) is 10.9 Å². The lowest BCUT2D eigenvalue weighted by molar-refractivity contribution is -0.139. The molecular formula is C32H43N3O4. The Labute approximate surface area is 232 Å². The number of nitrogens with zero attached hydrogens (tertiary/aromatic N) is 2. The van der Waals surface area contributed by atoms with Crippen molar-refractivity contribution in [3.05, 3.63) is 71.9 Å². The number of carbonyl (C=O) groups is 3. The Kier molecular flexibility index (Phi) is 10.9. The summed E-state index contributed by atoms with van der Waals surface area (Å²) in [6.45, 7) is 6.58. The largest absolute Gasteiger partial charge is 0.381 e. The van der Waals surface area contributed by atoms with Crippen LogP contribution in [-0.4, -0.2) is 59.4 Å². The Morgan fingerprint density at radius 1 is 1.00 bits per heavy atom. The molecule has 7 heteroatoms. The minimum absolute atomic E-state index is 0.00220. The standard InChI is InChI=1S/C32H43N3O4/c1-6-8-21-34(4)31(38)32(20-19-27(39-5)14-7-2,30(37)25-15-10-9-11-16-25)33-29(36)23-35-24(3)22-26-17-12-13-18-28(26)35/h9-13,15-18,22,27H,6-8,14,19-21,23H2,1-5H3,(H,33,36). The molecule has 0 radical (unpaired) electrons. The number of unbranched alkanes of at least 4 members (excludes halogenated alkanes) is 1. The zero-order valence-electron chi connectivity index (χ0n) is 24.0. The molecule has 3 aromatic rings. The molecule has 0 aliphatic carbocycles. The molecule has 1 heterocycles. The zero-order chi connectivity index (χ0) is 28.4. The lowest BCUT2D eigenvalue weighted by Gasteiger charge is -2.36. The van der Waals surface area contributed by atoms with Crippen molar-refractivity contribution in [1.29, 1.82) is 0 Å². The third kappa shape index (κ3) is 7.15. The highest BCUT2D eigenvalue weighted by Crippen LogP contribution is 2.26. The molecule has 1 N–H and O–H groups in total. The minimum Gasteiger partial charge on any atom is -0.381 e. The second-order valence-corrected chi connectivity index (χ2v) is 10.3. The molecule has 0 saturated heterocycles. The van der Waals surface area contributed by atoms with Gasteiger partial charge in [-0.05, 0) is 50.1 Å². The number of Topliss-reactive ketones (excluding diaryl/α,β-unsaturated/α-hetero) is 1. The molecule has 1 aromatic heterocycles. The quantitative estimate of drug-likeness (QED) is 0.205. The summed E-state index contributed by atoms with van der Waals surface area (Å²) in [5, 5.41) is 4.02. The minimum atomic E-state index is -1.75. The number of hydrogen-bond donors (Lipinski definition) is 1. The van der Waals surface area contributed by atoms with Crippen LogP contribution in [0, 0.1) is 6.92 Å². The van der Waals surface area contributed by atoms with Crippen LogP contribution < -0.4 is 5.32 Å². The third-order valence-corrected chi connectivity index (χ3v) is 7.44. The van der Waals surface area contributed by atoms with Gasteiger partial charge in [-0.15, -0.1) is 0 Å². The van der Waals surface area contributed by atoms with Gasteiger partial charge in [0.05, 0.1) is 6.10 Å². The van der Waals surface area contributed by atoms with Crippen LogP contribution in [-0.2, 0) is 20.9 Å². The average Bonchev–Trinajstić information content (AvgIpc) is 3.27. The Morgan fingerprint density at radius 3 is 2.36 bits per heavy atom. The molecule has 0 aliphatic heterocycles. The number of benzene rings is 2. The monoisotopic (exact) mass is 533 g/mol. The number of amides is 2. The van der Waals surface area contributed by atoms with Gasteiger partial charge in [0.15, 0.2) is 11.3 Å². The van der Waals surface area contributed by atoms with Gasteiger partial charge in [0.2, 0.25) is 5.91 Å². The van der Waals surface area contributed by atoms with Gasteiger partial charge in [-0.2, -0.15) is 0 Å². The number of ketones is 1. The van der Waals surface area contributed by atoms with Crippen LogP contribution in [0.3, 0.4) is 0 Å². The van der Waals surface area contributed by atoms with E-state index in [2.05, 4.69) is 19.2 Å². The Morgan fingerprint density at radius 2 is 1.69 bits per heavy atom. The van der Waals surface area contributed by atoms with E-state index in [9.17, 15) is 14.4 Å². The number of aryl methyl sites for hydroxylation is 1. The van der Waals surface area contributed by atoms with Crippen molar-refractivity contribution in [2.45, 2.75) is 77.5 Å². The summed E-state index contributed by atoms with van der Waals surface area (Å²) in [7, 11) is 3.36. The SMILES string of the molecule is CCCCN(C)C(=O)C(CCC(CCC)OC)(NC(=O)Cn1c(C)cc2ccccc21)C(=O)c1ccccc1. The fourth-order valence-electron chi connectivity index (χ4n) is 5.21. The number of likely N-dealkylation sites (N-methyl/N-ethyl adjacent to an activating group) is 1. The average molecular weight is 534 g/mol. The van der Waals surface area contributed by atoms with Crippen LogP contribution >= 0.6 is 0 Å². The van der Waals surface area contributed by atoms with E-state index in [0.717, 1.165) is 42.3 Å². The van der Waals surface area contributed by atoms with Crippen LogP contribution in [0.5, 0.6) is 0 Å². The number of hydrogen-bond acceptors (Lipinski definition) is 4. The first-order valence-corrected chi connectivity index (χ1v) is 14.0. The number of para-hydroxylation sites is 1. The highest BCUT2D eigenvalue weighted by Gasteiger charge is 2.48. The topological polar surface area (TPSA) is 80.6 Å². The molecule has 0 spiro atoms. The molecule has 3 rings (SSSR count). The number of rotatable bonds is 15. The summed E-state index contributed by atoms with van der Waals surface area (Å²) in [6, 6.07) is 18.7. The summed E-state index contributed by atoms with van der Waals surface area (Å²) in [5.41, 5.74) is 0.503. The van der Waals surface area contributed by atoms with E-state index in [1.54, 1.807) is 43.3 Å². The molecule has 0 aliphatic rings. The second kappa shape index (κ2) is 14.1. The summed E-state index contributed by atoms with van der Waals surface area (Å²) >= 11 is 0. The van der Waals surface area contributed by atoms with E-state index in [-0.39, 0.29) is 25.0 Å². The number of carbonyl (C=O) groups excluding carboxylic acids is 3. The molecule has 7 nitrogen and oxygen atoms in total. The third-order valence-electron chi connectivity index (χ3n) is 7.44. The van der Waals surface area contributed by atoms with Crippen molar-refractivity contribution in [2.24, 2.45) is 0 Å². The van der Waals surface area contributed by atoms with E-state index >= 15 is 0 Å². The van der Waals surface area contributed by atoms with Crippen molar-refractivity contribution >= 4 is 28.5 Å². The molecule has 0 fully saturated rings. The normalized spacial score (nSPS) is 13.6. The number of aromatic nitrogens is 1. The molecule has 2 aromatic carbocycles. The molecule has 2 amide bonds. The van der Waals surface area contributed by atoms with Crippen LogP contribution in [0.1, 0.15) is 68.4 Å². The number of ether oxygens (including phenoxy) is 1. The van der Waals surface area contributed by atoms with Gasteiger partial charge in [-0.25, -0.2) is 0 Å². The molecule has 39 heavy (non-hydrogen) atoms. The fraction of sp³-hybridized carbons (Fsp3) is 0.469. The molecular weight excluding hydrogens is 490 g/mol. The molecule has 2 unspecified atom stereocenters. The maximum Gasteiger partial charge on any atom is 0.256 e. The van der Waals surface area contributed by atoms with Crippen molar-refractivity contribution in [2.75, 3.05) is 20.7 Å². The first kappa shape index (κ1) is 30.1. The van der Waals surface area contributed by atoms with Crippen molar-refractivity contribution < 1.29 is 19.1 Å². The summed E-state index contributed by atoms with van der Waals surface area (Å²) < 4.78 is 7.60. The molecule has 2 atom stereocenters. The Balaban J connectivity index is 2.04. The van der Waals surface area contributed by atoms with E-state index < -0.39 is 17.2 Å². The van der Waals surface area contributed by atoms with Crippen molar-refractivity contribution in [3.8, 4) is 0 Å². The number of methoxy groups -OCH3 is 1. The zero-order valence-corrected chi connectivity index (χ0v) is 24.0. The molecule has 0 saturated carbocycles. The van der Waals surface area contributed by atoms with Gasteiger partial charge in [0.25, 0.3) is 5.91 Å². The van der Waals surface area contributed by atoms with Gasteiger partial charge in [-0.3, -0.25) is 14.4 Å². The van der Waals surface area contributed by atoms with Gasteiger partial charge < -0.3 is 19.5 Å². The van der Waals surface area contributed by atoms with Crippen molar-refractivity contribution in [1.82, 2.24) is 14.8 Å². The van der Waals surface area contributed by atoms with Crippen molar-refractivity contribution in [3.63, 3.8) is 0 Å². The highest BCUT2D eigenvalue weighted by molar-refractivity contribution is 6.19. The predicted octanol–water partition coefficient (Wildman–Crippen LogP) is 5.54. The smallest absolute Gasteiger partial charge is 0.256 e. The van der Waals surface area contributed by atoms with E-state index in [4.69, 9.17) is 4.74 Å². The summed E-state index contributed by atoms with van der Waals surface area (Å²) in [5.74, 6) is -1.17. The van der Waals surface area contributed by atoms with E-state index in [1.165, 1.54) is 0 Å². The van der Waals surface area contributed by atoms with Gasteiger partial charge in [0, 0.05) is 37.5 Å². The summed E-state index contributed by atoms with van der Waals surface area (Å²) in [4.78, 5) is 43.8. The van der Waals surface area contributed by atoms with Crippen LogP contribution in [0.2, 0.25) is 0 Å². The lowest BCUT2D eigenvalue weighted by Crippen LogP contribution is -2.64. The Hall–Kier alpha value is -3.45. The second-order valence-electron chi connectivity index (χ2n) is 10.3. The first-order valence-electron chi connectivity index (χ1n) is 14.0. The number of fused-ring (bicyclic) bond motifs is 1. The lowest BCUT2D eigenvalue weighted by atomic mass is 9.82. The van der Waals surface area contributed by atoms with Gasteiger partial charge in [-0.1, -0.05) is 75.2 Å². The maximum atomic E-state index is 14.3. The number of nitrogens with one attached hydrogen (secondary N) is 1. The highest BCUT2D eigenvalue weighted by atomic mass is 16.5. The maximum absolute atomic E-state index is 14.3. The molecule has 0 bridgehead atoms. The van der Waals surface area contributed by atoms with Crippen LogP contribution in [0.4, 0.5) is 0 Å². The fourth-order valence-corrected chi connectivity index (χ4v) is 5.21. The van der Waals surface area contributed by atoms with Crippen LogP contribution in [0.15, 0.2) is 60.7 Å². The van der Waals surface area contributed by atoms with Gasteiger partial charge in [0.1, 0.15) is 6.54 Å². The van der Waals surface area contributed by atoms with E-state index in [0.29, 0.717) is 18.5 Å².